The van der Waals surface area contributed by atoms with Crippen molar-refractivity contribution < 1.29 is 0 Å². The van der Waals surface area contributed by atoms with Crippen molar-refractivity contribution in [1.82, 2.24) is 9.80 Å². The minimum atomic E-state index is 0.215. The van der Waals surface area contributed by atoms with Gasteiger partial charge in [-0.1, -0.05) is 6.92 Å². The van der Waals surface area contributed by atoms with Crippen molar-refractivity contribution in [2.24, 2.45) is 5.73 Å². The van der Waals surface area contributed by atoms with Crippen LogP contribution in [0.15, 0.2) is 0 Å². The number of nitrogens with two attached hydrogens (primary N) is 1. The van der Waals surface area contributed by atoms with Gasteiger partial charge >= 0.3 is 0 Å². The van der Waals surface area contributed by atoms with Crippen LogP contribution in [-0.2, 0) is 0 Å². The van der Waals surface area contributed by atoms with Gasteiger partial charge in [0.1, 0.15) is 0 Å². The Labute approximate surface area is 101 Å². The molecule has 0 bridgehead atoms. The molecule has 16 heavy (non-hydrogen) atoms. The summed E-state index contributed by atoms with van der Waals surface area (Å²) in [5.74, 6) is 0. The van der Waals surface area contributed by atoms with Gasteiger partial charge in [0.15, 0.2) is 0 Å². The van der Waals surface area contributed by atoms with Gasteiger partial charge in [-0.15, -0.1) is 0 Å². The van der Waals surface area contributed by atoms with Crippen LogP contribution in [0.1, 0.15) is 41.0 Å². The highest BCUT2D eigenvalue weighted by molar-refractivity contribution is 5.01. The fourth-order valence-electron chi connectivity index (χ4n) is 3.10. The summed E-state index contributed by atoms with van der Waals surface area (Å²) in [6.45, 7) is 15.6. The molecular formula is C13H29N3. The number of nitrogens with zero attached hydrogens (tertiary/aromatic N) is 2. The SMILES string of the molecule is CCN(C(C)C)C1(CN)CCN(C(C)C)C1. The molecule has 1 aliphatic rings. The Bertz CT molecular complexity index is 215. The number of hydrogen-bond donors (Lipinski definition) is 1. The lowest BCUT2D eigenvalue weighted by Gasteiger charge is -2.43. The van der Waals surface area contributed by atoms with Gasteiger partial charge in [0.2, 0.25) is 0 Å². The molecule has 0 aromatic heterocycles. The van der Waals surface area contributed by atoms with Gasteiger partial charge in [-0.05, 0) is 40.7 Å². The summed E-state index contributed by atoms with van der Waals surface area (Å²) >= 11 is 0. The van der Waals surface area contributed by atoms with Crippen molar-refractivity contribution in [3.8, 4) is 0 Å². The molecular weight excluding hydrogens is 198 g/mol. The molecule has 96 valence electrons. The highest BCUT2D eigenvalue weighted by atomic mass is 15.3. The van der Waals surface area contributed by atoms with Crippen molar-refractivity contribution >= 4 is 0 Å². The van der Waals surface area contributed by atoms with E-state index in [4.69, 9.17) is 5.73 Å². The summed E-state index contributed by atoms with van der Waals surface area (Å²) in [6.07, 6.45) is 1.22. The quantitative estimate of drug-likeness (QED) is 0.773. The Morgan fingerprint density at radius 3 is 2.25 bits per heavy atom. The Balaban J connectivity index is 2.79. The molecule has 0 aromatic rings. The molecule has 0 radical (unpaired) electrons. The van der Waals surface area contributed by atoms with Crippen molar-refractivity contribution in [2.75, 3.05) is 26.2 Å². The van der Waals surface area contributed by atoms with Crippen LogP contribution >= 0.6 is 0 Å². The van der Waals surface area contributed by atoms with E-state index in [9.17, 15) is 0 Å². The van der Waals surface area contributed by atoms with E-state index in [0.717, 1.165) is 19.6 Å². The van der Waals surface area contributed by atoms with E-state index in [-0.39, 0.29) is 5.54 Å². The van der Waals surface area contributed by atoms with Gasteiger partial charge in [-0.3, -0.25) is 9.80 Å². The zero-order valence-electron chi connectivity index (χ0n) is 11.7. The zero-order valence-corrected chi connectivity index (χ0v) is 11.7. The molecule has 2 N–H and O–H groups in total. The first-order valence-corrected chi connectivity index (χ1v) is 6.67. The van der Waals surface area contributed by atoms with Crippen LogP contribution in [0.2, 0.25) is 0 Å². The van der Waals surface area contributed by atoms with Crippen LogP contribution in [-0.4, -0.2) is 53.6 Å². The number of hydrogen-bond acceptors (Lipinski definition) is 3. The summed E-state index contributed by atoms with van der Waals surface area (Å²) in [6, 6.07) is 1.22. The average molecular weight is 227 g/mol. The lowest BCUT2D eigenvalue weighted by Crippen LogP contribution is -2.58. The van der Waals surface area contributed by atoms with Crippen LogP contribution in [0.4, 0.5) is 0 Å². The molecule has 1 unspecified atom stereocenters. The summed E-state index contributed by atoms with van der Waals surface area (Å²) in [7, 11) is 0. The Hall–Kier alpha value is -0.120. The molecule has 1 fully saturated rings. The summed E-state index contributed by atoms with van der Waals surface area (Å²) in [5.41, 5.74) is 6.29. The van der Waals surface area contributed by atoms with E-state index in [0.29, 0.717) is 12.1 Å². The summed E-state index contributed by atoms with van der Waals surface area (Å²) < 4.78 is 0. The standard InChI is InChI=1S/C13H29N3/c1-6-16(12(4)5)13(9-14)7-8-15(10-13)11(2)3/h11-12H,6-10,14H2,1-5H3. The monoisotopic (exact) mass is 227 g/mol. The fourth-order valence-corrected chi connectivity index (χ4v) is 3.10. The molecule has 1 aliphatic heterocycles. The molecule has 1 atom stereocenters. The number of likely N-dealkylation sites (N-methyl/N-ethyl adjacent to an activating group) is 1. The van der Waals surface area contributed by atoms with Crippen molar-refractivity contribution in [1.29, 1.82) is 0 Å². The predicted molar refractivity (Wildman–Crippen MR) is 70.6 cm³/mol. The van der Waals surface area contributed by atoms with E-state index >= 15 is 0 Å². The summed E-state index contributed by atoms with van der Waals surface area (Å²) in [5, 5.41) is 0. The molecule has 0 aliphatic carbocycles. The lowest BCUT2D eigenvalue weighted by atomic mass is 9.94. The molecule has 0 saturated carbocycles. The lowest BCUT2D eigenvalue weighted by molar-refractivity contribution is 0.0694. The maximum Gasteiger partial charge on any atom is 0.0473 e. The third kappa shape index (κ3) is 2.58. The topological polar surface area (TPSA) is 32.5 Å². The van der Waals surface area contributed by atoms with Gasteiger partial charge in [-0.2, -0.15) is 0 Å². The fraction of sp³-hybridized carbons (Fsp3) is 1.00. The molecule has 1 rings (SSSR count). The normalized spacial score (nSPS) is 27.6. The number of likely N-dealkylation sites (tertiary alicyclic amines) is 1. The maximum absolute atomic E-state index is 6.08. The van der Waals surface area contributed by atoms with Gasteiger partial charge in [0, 0.05) is 37.3 Å². The van der Waals surface area contributed by atoms with Crippen molar-refractivity contribution in [3.63, 3.8) is 0 Å². The van der Waals surface area contributed by atoms with Gasteiger partial charge in [-0.25, -0.2) is 0 Å². The maximum atomic E-state index is 6.08. The third-order valence-electron chi connectivity index (χ3n) is 4.05. The zero-order chi connectivity index (χ0) is 12.3. The van der Waals surface area contributed by atoms with Crippen LogP contribution in [0.3, 0.4) is 0 Å². The van der Waals surface area contributed by atoms with Crippen molar-refractivity contribution in [2.45, 2.75) is 58.7 Å². The third-order valence-corrected chi connectivity index (χ3v) is 4.05. The Morgan fingerprint density at radius 1 is 1.31 bits per heavy atom. The molecule has 1 heterocycles. The molecule has 3 nitrogen and oxygen atoms in total. The van der Waals surface area contributed by atoms with E-state index in [2.05, 4.69) is 44.4 Å². The first-order valence-electron chi connectivity index (χ1n) is 6.67. The minimum Gasteiger partial charge on any atom is -0.329 e. The minimum absolute atomic E-state index is 0.215. The van der Waals surface area contributed by atoms with E-state index in [1.54, 1.807) is 0 Å². The van der Waals surface area contributed by atoms with Crippen LogP contribution in [0.5, 0.6) is 0 Å². The van der Waals surface area contributed by atoms with E-state index < -0.39 is 0 Å². The van der Waals surface area contributed by atoms with Crippen LogP contribution in [0, 0.1) is 0 Å². The Morgan fingerprint density at radius 2 is 1.94 bits per heavy atom. The van der Waals surface area contributed by atoms with E-state index in [1.165, 1.54) is 13.0 Å². The Kier molecular flexibility index (Phi) is 4.77. The van der Waals surface area contributed by atoms with Gasteiger partial charge < -0.3 is 5.73 Å². The second kappa shape index (κ2) is 5.48. The highest BCUT2D eigenvalue weighted by Crippen LogP contribution is 2.29. The van der Waals surface area contributed by atoms with Crippen LogP contribution < -0.4 is 5.73 Å². The first-order chi connectivity index (χ1) is 7.46. The highest BCUT2D eigenvalue weighted by Gasteiger charge is 2.42. The van der Waals surface area contributed by atoms with Crippen LogP contribution in [0.25, 0.3) is 0 Å². The molecule has 0 amide bonds. The first kappa shape index (κ1) is 13.9. The molecule has 1 saturated heterocycles. The predicted octanol–water partition coefficient (Wildman–Crippen LogP) is 1.53. The van der Waals surface area contributed by atoms with Crippen molar-refractivity contribution in [3.05, 3.63) is 0 Å². The molecule has 0 spiro atoms. The number of rotatable bonds is 5. The van der Waals surface area contributed by atoms with E-state index in [1.807, 2.05) is 0 Å². The molecule has 0 aromatic carbocycles. The van der Waals surface area contributed by atoms with Gasteiger partial charge in [0.05, 0.1) is 0 Å². The smallest absolute Gasteiger partial charge is 0.0473 e. The largest absolute Gasteiger partial charge is 0.329 e. The van der Waals surface area contributed by atoms with Gasteiger partial charge in [0.25, 0.3) is 0 Å². The second-order valence-corrected chi connectivity index (χ2v) is 5.62. The average Bonchev–Trinajstić information content (AvgIpc) is 2.64. The molecule has 3 heteroatoms. The second-order valence-electron chi connectivity index (χ2n) is 5.62. The summed E-state index contributed by atoms with van der Waals surface area (Å²) in [4.78, 5) is 5.13.